The number of aryl methyl sites for hydroxylation is 1. The average Bonchev–Trinajstić information content (AvgIpc) is 3.22. The zero-order valence-electron chi connectivity index (χ0n) is 22.3. The van der Waals surface area contributed by atoms with Crippen LogP contribution in [0.15, 0.2) is 61.2 Å². The first-order chi connectivity index (χ1) is 18.3. The van der Waals surface area contributed by atoms with Crippen molar-refractivity contribution in [2.45, 2.75) is 52.7 Å². The predicted octanol–water partition coefficient (Wildman–Crippen LogP) is 5.50. The van der Waals surface area contributed by atoms with Crippen molar-refractivity contribution in [3.05, 3.63) is 72.3 Å². The second-order valence-corrected chi connectivity index (χ2v) is 10.3. The summed E-state index contributed by atoms with van der Waals surface area (Å²) in [6.07, 6.45) is 8.62. The molecule has 1 aromatic carbocycles. The molecule has 0 spiro atoms. The minimum atomic E-state index is -0.504. The van der Waals surface area contributed by atoms with Crippen LogP contribution < -0.4 is 5.32 Å². The van der Waals surface area contributed by atoms with Crippen LogP contribution in [0.4, 0.5) is 16.4 Å². The molecule has 4 aromatic rings. The Morgan fingerprint density at radius 1 is 1.08 bits per heavy atom. The van der Waals surface area contributed by atoms with Crippen molar-refractivity contribution in [1.29, 1.82) is 0 Å². The number of fused-ring (bicyclic) bond motifs is 1. The average molecular weight is 512 g/mol. The molecule has 5 rings (SSSR count). The van der Waals surface area contributed by atoms with Crippen molar-refractivity contribution < 1.29 is 9.53 Å². The molecule has 0 fully saturated rings. The largest absolute Gasteiger partial charge is 0.444 e. The highest BCUT2D eigenvalue weighted by Gasteiger charge is 2.24. The number of aromatic nitrogens is 5. The van der Waals surface area contributed by atoms with Crippen LogP contribution in [0.1, 0.15) is 38.8 Å². The van der Waals surface area contributed by atoms with Crippen LogP contribution in [0.3, 0.4) is 0 Å². The van der Waals surface area contributed by atoms with Gasteiger partial charge in [0.25, 0.3) is 0 Å². The molecule has 0 saturated carbocycles. The molecule has 0 saturated heterocycles. The lowest BCUT2D eigenvalue weighted by Gasteiger charge is -2.26. The Balaban J connectivity index is 1.35. The molecular weight excluding hydrogens is 478 g/mol. The fourth-order valence-electron chi connectivity index (χ4n) is 4.50. The number of nitrogens with zero attached hydrogens (tertiary/aromatic N) is 6. The molecule has 9 nitrogen and oxygen atoms in total. The molecule has 0 bridgehead atoms. The number of nitrogens with one attached hydrogen (secondary N) is 1. The first-order valence-electron chi connectivity index (χ1n) is 13.0. The van der Waals surface area contributed by atoms with Gasteiger partial charge in [-0.15, -0.1) is 0 Å². The number of pyridine rings is 1. The zero-order valence-corrected chi connectivity index (χ0v) is 22.3. The SMILES string of the molecule is CCn1cc(-c2ccnc(Nc3ccc4c(c3)CCN(C(=O)OC(C)(C)C)CC4)n2)c(-c2cccnc2)n1. The van der Waals surface area contributed by atoms with Gasteiger partial charge in [0.1, 0.15) is 11.3 Å². The summed E-state index contributed by atoms with van der Waals surface area (Å²) in [5, 5.41) is 8.11. The number of carbonyl (C=O) groups is 1. The maximum Gasteiger partial charge on any atom is 0.410 e. The third kappa shape index (κ3) is 5.82. The molecule has 4 heterocycles. The Kier molecular flexibility index (Phi) is 7.09. The van der Waals surface area contributed by atoms with Crippen LogP contribution in [0.2, 0.25) is 0 Å². The summed E-state index contributed by atoms with van der Waals surface area (Å²) in [5.74, 6) is 0.507. The summed E-state index contributed by atoms with van der Waals surface area (Å²) < 4.78 is 7.48. The summed E-state index contributed by atoms with van der Waals surface area (Å²) >= 11 is 0. The molecule has 0 unspecified atom stereocenters. The molecular formula is C29H33N7O2. The Morgan fingerprint density at radius 2 is 1.89 bits per heavy atom. The predicted molar refractivity (Wildman–Crippen MR) is 147 cm³/mol. The number of amides is 1. The van der Waals surface area contributed by atoms with E-state index in [4.69, 9.17) is 14.8 Å². The Labute approximate surface area is 222 Å². The lowest BCUT2D eigenvalue weighted by atomic mass is 10.0. The van der Waals surface area contributed by atoms with Gasteiger partial charge >= 0.3 is 6.09 Å². The number of anilines is 2. The van der Waals surface area contributed by atoms with Crippen molar-refractivity contribution in [2.75, 3.05) is 18.4 Å². The van der Waals surface area contributed by atoms with Gasteiger partial charge in [0.05, 0.1) is 5.69 Å². The molecule has 3 aromatic heterocycles. The fourth-order valence-corrected chi connectivity index (χ4v) is 4.50. The molecule has 0 atom stereocenters. The standard InChI is InChI=1S/C29H33N7O2/c1-5-36-19-24(26(34-36)22-7-6-13-30-18-22)25-10-14-31-27(33-25)32-23-9-8-20-11-15-35(16-12-21(20)17-23)28(37)38-29(2,3)4/h6-10,13-14,17-19H,5,11-12,15-16H2,1-4H3,(H,31,32,33). The van der Waals surface area contributed by atoms with E-state index in [-0.39, 0.29) is 6.09 Å². The summed E-state index contributed by atoms with van der Waals surface area (Å²) in [6.45, 7) is 9.75. The molecule has 1 aliphatic rings. The maximum atomic E-state index is 12.6. The van der Waals surface area contributed by atoms with Gasteiger partial charge in [0, 0.05) is 61.2 Å². The summed E-state index contributed by atoms with van der Waals surface area (Å²) in [7, 11) is 0. The minimum Gasteiger partial charge on any atom is -0.444 e. The van der Waals surface area contributed by atoms with Gasteiger partial charge in [0.15, 0.2) is 0 Å². The third-order valence-electron chi connectivity index (χ3n) is 6.37. The molecule has 38 heavy (non-hydrogen) atoms. The quantitative estimate of drug-likeness (QED) is 0.378. The summed E-state index contributed by atoms with van der Waals surface area (Å²) in [5.41, 5.74) is 6.33. The van der Waals surface area contributed by atoms with Gasteiger partial charge in [-0.05, 0) is 82.0 Å². The van der Waals surface area contributed by atoms with Crippen molar-refractivity contribution in [2.24, 2.45) is 0 Å². The smallest absolute Gasteiger partial charge is 0.410 e. The number of hydrogen-bond acceptors (Lipinski definition) is 7. The van der Waals surface area contributed by atoms with Crippen LogP contribution >= 0.6 is 0 Å². The van der Waals surface area contributed by atoms with E-state index >= 15 is 0 Å². The van der Waals surface area contributed by atoms with E-state index in [1.54, 1.807) is 17.3 Å². The molecule has 1 N–H and O–H groups in total. The van der Waals surface area contributed by atoms with E-state index in [1.807, 2.05) is 62.1 Å². The van der Waals surface area contributed by atoms with E-state index in [9.17, 15) is 4.79 Å². The minimum absolute atomic E-state index is 0.258. The Morgan fingerprint density at radius 3 is 2.63 bits per heavy atom. The number of benzene rings is 1. The van der Waals surface area contributed by atoms with Gasteiger partial charge < -0.3 is 15.0 Å². The van der Waals surface area contributed by atoms with Gasteiger partial charge in [-0.25, -0.2) is 14.8 Å². The number of hydrogen-bond donors (Lipinski definition) is 1. The van der Waals surface area contributed by atoms with Crippen molar-refractivity contribution in [1.82, 2.24) is 29.6 Å². The lowest BCUT2D eigenvalue weighted by Crippen LogP contribution is -2.38. The van der Waals surface area contributed by atoms with Crippen LogP contribution in [0.25, 0.3) is 22.5 Å². The molecule has 9 heteroatoms. The second kappa shape index (κ2) is 10.6. The van der Waals surface area contributed by atoms with Gasteiger partial charge in [-0.2, -0.15) is 5.10 Å². The highest BCUT2D eigenvalue weighted by molar-refractivity contribution is 5.78. The molecule has 1 aliphatic heterocycles. The maximum absolute atomic E-state index is 12.6. The zero-order chi connectivity index (χ0) is 26.7. The summed E-state index contributed by atoms with van der Waals surface area (Å²) in [4.78, 5) is 27.9. The van der Waals surface area contributed by atoms with E-state index in [2.05, 4.69) is 34.3 Å². The van der Waals surface area contributed by atoms with E-state index in [0.29, 0.717) is 19.0 Å². The van der Waals surface area contributed by atoms with Crippen LogP contribution in [0, 0.1) is 0 Å². The van der Waals surface area contributed by atoms with Crippen molar-refractivity contribution >= 4 is 17.7 Å². The number of carbonyl (C=O) groups excluding carboxylic acids is 1. The normalized spacial score (nSPS) is 13.5. The van der Waals surface area contributed by atoms with E-state index in [0.717, 1.165) is 47.6 Å². The highest BCUT2D eigenvalue weighted by atomic mass is 16.6. The van der Waals surface area contributed by atoms with Gasteiger partial charge in [-0.3, -0.25) is 9.67 Å². The van der Waals surface area contributed by atoms with Crippen LogP contribution in [-0.2, 0) is 24.1 Å². The molecule has 0 radical (unpaired) electrons. The van der Waals surface area contributed by atoms with Crippen LogP contribution in [-0.4, -0.2) is 54.4 Å². The Hall–Kier alpha value is -4.27. The number of ether oxygens (including phenoxy) is 1. The van der Waals surface area contributed by atoms with E-state index in [1.165, 1.54) is 11.1 Å². The van der Waals surface area contributed by atoms with E-state index < -0.39 is 5.60 Å². The lowest BCUT2D eigenvalue weighted by molar-refractivity contribution is 0.0258. The van der Waals surface area contributed by atoms with Gasteiger partial charge in [0.2, 0.25) is 5.95 Å². The van der Waals surface area contributed by atoms with Gasteiger partial charge in [-0.1, -0.05) is 6.07 Å². The van der Waals surface area contributed by atoms with Crippen LogP contribution in [0.5, 0.6) is 0 Å². The van der Waals surface area contributed by atoms with Crippen molar-refractivity contribution in [3.63, 3.8) is 0 Å². The first-order valence-corrected chi connectivity index (χ1v) is 13.0. The second-order valence-electron chi connectivity index (χ2n) is 10.3. The first kappa shape index (κ1) is 25.4. The molecule has 1 amide bonds. The Bertz CT molecular complexity index is 1430. The highest BCUT2D eigenvalue weighted by Crippen LogP contribution is 2.30. The summed E-state index contributed by atoms with van der Waals surface area (Å²) in [6, 6.07) is 12.1. The number of rotatable bonds is 5. The van der Waals surface area contributed by atoms with Crippen molar-refractivity contribution in [3.8, 4) is 22.5 Å². The monoisotopic (exact) mass is 511 g/mol. The molecule has 196 valence electrons. The third-order valence-corrected chi connectivity index (χ3v) is 6.37. The molecule has 0 aliphatic carbocycles. The fraction of sp³-hybridized carbons (Fsp3) is 0.345. The topological polar surface area (TPSA) is 98.1 Å².